The third-order valence-corrected chi connectivity index (χ3v) is 5.40. The van der Waals surface area contributed by atoms with Gasteiger partial charge in [0.05, 0.1) is 0 Å². The minimum atomic E-state index is -0.152. The van der Waals surface area contributed by atoms with E-state index in [1.807, 2.05) is 42.5 Å². The summed E-state index contributed by atoms with van der Waals surface area (Å²) in [5.74, 6) is -0.152. The van der Waals surface area contributed by atoms with Crippen LogP contribution in [0.5, 0.6) is 0 Å². The molecule has 0 aliphatic carbocycles. The maximum atomic E-state index is 12.5. The van der Waals surface area contributed by atoms with Crippen LogP contribution in [-0.2, 0) is 19.4 Å². The molecule has 1 aliphatic rings. The van der Waals surface area contributed by atoms with Crippen molar-refractivity contribution >= 4 is 34.0 Å². The highest BCUT2D eigenvalue weighted by Crippen LogP contribution is 2.21. The first-order chi connectivity index (χ1) is 12.7. The number of carbonyl (C=O) groups is 1. The van der Waals surface area contributed by atoms with Crippen molar-refractivity contribution in [1.29, 1.82) is 0 Å². The Kier molecular flexibility index (Phi) is 4.97. The van der Waals surface area contributed by atoms with Gasteiger partial charge in [0, 0.05) is 23.6 Å². The summed E-state index contributed by atoms with van der Waals surface area (Å²) in [5, 5.41) is 16.5. The molecule has 0 spiro atoms. The topological polar surface area (TPSA) is 66.9 Å². The van der Waals surface area contributed by atoms with Crippen molar-refractivity contribution in [3.05, 3.63) is 74.7 Å². The van der Waals surface area contributed by atoms with Gasteiger partial charge in [-0.25, -0.2) is 0 Å². The van der Waals surface area contributed by atoms with Gasteiger partial charge >= 0.3 is 0 Å². The van der Waals surface area contributed by atoms with Crippen molar-refractivity contribution in [2.75, 3.05) is 11.9 Å². The average molecular weight is 385 g/mol. The quantitative estimate of drug-likeness (QED) is 0.720. The molecule has 0 radical (unpaired) electrons. The second-order valence-electron chi connectivity index (χ2n) is 6.17. The Hall–Kier alpha value is -2.28. The summed E-state index contributed by atoms with van der Waals surface area (Å²) < 4.78 is 0. The van der Waals surface area contributed by atoms with Crippen LogP contribution in [0.3, 0.4) is 0 Å². The molecule has 5 nitrogen and oxygen atoms in total. The number of hydrogen-bond acceptors (Lipinski definition) is 5. The molecule has 26 heavy (non-hydrogen) atoms. The third-order valence-electron chi connectivity index (χ3n) is 4.31. The first kappa shape index (κ1) is 17.1. The van der Waals surface area contributed by atoms with Crippen molar-refractivity contribution in [2.24, 2.45) is 0 Å². The molecule has 1 aliphatic heterocycles. The summed E-state index contributed by atoms with van der Waals surface area (Å²) in [4.78, 5) is 12.5. The van der Waals surface area contributed by atoms with Gasteiger partial charge in [-0.15, -0.1) is 10.2 Å². The highest BCUT2D eigenvalue weighted by atomic mass is 35.5. The van der Waals surface area contributed by atoms with Crippen molar-refractivity contribution in [3.63, 3.8) is 0 Å². The summed E-state index contributed by atoms with van der Waals surface area (Å²) in [6, 6.07) is 13.5. The molecule has 0 unspecified atom stereocenters. The molecule has 2 N–H and O–H groups in total. The number of anilines is 1. The van der Waals surface area contributed by atoms with Gasteiger partial charge in [-0.1, -0.05) is 41.1 Å². The lowest BCUT2D eigenvalue weighted by Gasteiger charge is -2.17. The SMILES string of the molecule is O=C(Nc1nnc(Cc2ccc(Cl)cc2)s1)c1ccc2c(c1)CCNC2. The minimum absolute atomic E-state index is 0.152. The number of benzene rings is 2. The summed E-state index contributed by atoms with van der Waals surface area (Å²) in [6.07, 6.45) is 1.61. The molecule has 3 aromatic rings. The Morgan fingerprint density at radius 3 is 2.85 bits per heavy atom. The molecule has 2 heterocycles. The molecule has 132 valence electrons. The normalized spacial score (nSPS) is 13.3. The summed E-state index contributed by atoms with van der Waals surface area (Å²) in [6.45, 7) is 1.81. The fourth-order valence-electron chi connectivity index (χ4n) is 2.94. The predicted octanol–water partition coefficient (Wildman–Crippen LogP) is 3.68. The van der Waals surface area contributed by atoms with Gasteiger partial charge < -0.3 is 5.32 Å². The van der Waals surface area contributed by atoms with Gasteiger partial charge in [-0.2, -0.15) is 0 Å². The number of aromatic nitrogens is 2. The minimum Gasteiger partial charge on any atom is -0.312 e. The number of halogens is 1. The van der Waals surface area contributed by atoms with Crippen LogP contribution >= 0.6 is 22.9 Å². The lowest BCUT2D eigenvalue weighted by atomic mass is 9.98. The lowest BCUT2D eigenvalue weighted by Crippen LogP contribution is -2.24. The third kappa shape index (κ3) is 3.93. The fraction of sp³-hybridized carbons (Fsp3) is 0.211. The molecule has 0 saturated heterocycles. The van der Waals surface area contributed by atoms with E-state index in [2.05, 4.69) is 20.8 Å². The number of fused-ring (bicyclic) bond motifs is 1. The average Bonchev–Trinajstić information content (AvgIpc) is 3.10. The molecule has 7 heteroatoms. The van der Waals surface area contributed by atoms with Gasteiger partial charge in [0.2, 0.25) is 5.13 Å². The Morgan fingerprint density at radius 1 is 1.15 bits per heavy atom. The lowest BCUT2D eigenvalue weighted by molar-refractivity contribution is 0.102. The molecular formula is C19H17ClN4OS. The maximum Gasteiger partial charge on any atom is 0.257 e. The van der Waals surface area contributed by atoms with Gasteiger partial charge in [0.25, 0.3) is 5.91 Å². The first-order valence-corrected chi connectivity index (χ1v) is 9.57. The van der Waals surface area contributed by atoms with E-state index < -0.39 is 0 Å². The first-order valence-electron chi connectivity index (χ1n) is 8.38. The van der Waals surface area contributed by atoms with Crippen molar-refractivity contribution in [1.82, 2.24) is 15.5 Å². The molecule has 2 aromatic carbocycles. The Balaban J connectivity index is 1.43. The van der Waals surface area contributed by atoms with Gasteiger partial charge in [0.1, 0.15) is 5.01 Å². The molecule has 0 atom stereocenters. The Morgan fingerprint density at radius 2 is 2.00 bits per heavy atom. The van der Waals surface area contributed by atoms with E-state index in [1.165, 1.54) is 22.5 Å². The zero-order valence-electron chi connectivity index (χ0n) is 14.0. The van der Waals surface area contributed by atoms with Crippen LogP contribution < -0.4 is 10.6 Å². The standard InChI is InChI=1S/C19H17ClN4OS/c20-16-5-1-12(2-6-16)9-17-23-24-19(26-17)22-18(25)14-3-4-15-11-21-8-7-13(15)10-14/h1-6,10,21H,7-9,11H2,(H,22,24,25). The van der Waals surface area contributed by atoms with Crippen LogP contribution in [0.1, 0.15) is 32.1 Å². The monoisotopic (exact) mass is 384 g/mol. The van der Waals surface area contributed by atoms with Crippen LogP contribution in [-0.4, -0.2) is 22.6 Å². The number of rotatable bonds is 4. The fourth-order valence-corrected chi connectivity index (χ4v) is 3.84. The van der Waals surface area contributed by atoms with Crippen molar-refractivity contribution < 1.29 is 4.79 Å². The predicted molar refractivity (Wildman–Crippen MR) is 104 cm³/mol. The van der Waals surface area contributed by atoms with E-state index in [9.17, 15) is 4.79 Å². The number of nitrogens with one attached hydrogen (secondary N) is 2. The van der Waals surface area contributed by atoms with Crippen LogP contribution in [0.2, 0.25) is 5.02 Å². The van der Waals surface area contributed by atoms with Crippen LogP contribution in [0.4, 0.5) is 5.13 Å². The molecule has 0 bridgehead atoms. The van der Waals surface area contributed by atoms with Gasteiger partial charge in [-0.05, 0) is 53.9 Å². The summed E-state index contributed by atoms with van der Waals surface area (Å²) in [5.41, 5.74) is 4.25. The van der Waals surface area contributed by atoms with Crippen LogP contribution in [0.15, 0.2) is 42.5 Å². The molecule has 4 rings (SSSR count). The van der Waals surface area contributed by atoms with E-state index in [0.29, 0.717) is 22.1 Å². The zero-order valence-corrected chi connectivity index (χ0v) is 15.5. The summed E-state index contributed by atoms with van der Waals surface area (Å²) in [7, 11) is 0. The van der Waals surface area contributed by atoms with Gasteiger partial charge in [-0.3, -0.25) is 10.1 Å². The van der Waals surface area contributed by atoms with Gasteiger partial charge in [0.15, 0.2) is 0 Å². The van der Waals surface area contributed by atoms with E-state index >= 15 is 0 Å². The Bertz CT molecular complexity index is 939. The largest absolute Gasteiger partial charge is 0.312 e. The molecule has 1 aromatic heterocycles. The van der Waals surface area contributed by atoms with Crippen molar-refractivity contribution in [3.8, 4) is 0 Å². The maximum absolute atomic E-state index is 12.5. The second kappa shape index (κ2) is 7.53. The number of hydrogen-bond donors (Lipinski definition) is 2. The van der Waals surface area contributed by atoms with E-state index in [-0.39, 0.29) is 5.91 Å². The zero-order chi connectivity index (χ0) is 17.9. The smallest absolute Gasteiger partial charge is 0.257 e. The Labute approximate surface area is 160 Å². The van der Waals surface area contributed by atoms with E-state index in [1.54, 1.807) is 0 Å². The van der Waals surface area contributed by atoms with Crippen LogP contribution in [0.25, 0.3) is 0 Å². The molecular weight excluding hydrogens is 368 g/mol. The van der Waals surface area contributed by atoms with E-state index in [0.717, 1.165) is 30.1 Å². The number of carbonyl (C=O) groups excluding carboxylic acids is 1. The molecule has 1 amide bonds. The van der Waals surface area contributed by atoms with Crippen molar-refractivity contribution in [2.45, 2.75) is 19.4 Å². The van der Waals surface area contributed by atoms with Crippen LogP contribution in [0, 0.1) is 0 Å². The number of nitrogens with zero attached hydrogens (tertiary/aromatic N) is 2. The highest BCUT2D eigenvalue weighted by molar-refractivity contribution is 7.15. The number of amides is 1. The molecule has 0 saturated carbocycles. The molecule has 0 fully saturated rings. The highest BCUT2D eigenvalue weighted by Gasteiger charge is 2.14. The van der Waals surface area contributed by atoms with E-state index in [4.69, 9.17) is 11.6 Å². The summed E-state index contributed by atoms with van der Waals surface area (Å²) >= 11 is 7.29. The second-order valence-corrected chi connectivity index (χ2v) is 7.67.